The molecule has 2 N–H and O–H groups in total. The quantitative estimate of drug-likeness (QED) is 0.272. The first-order valence-electron chi connectivity index (χ1n) is 16.6. The van der Waals surface area contributed by atoms with Crippen molar-refractivity contribution in [1.29, 1.82) is 0 Å². The Morgan fingerprint density at radius 1 is 1.17 bits per heavy atom. The molecule has 47 heavy (non-hydrogen) atoms. The molecule has 4 aliphatic rings. The van der Waals surface area contributed by atoms with E-state index in [1.54, 1.807) is 6.07 Å². The Morgan fingerprint density at radius 3 is 2.83 bits per heavy atom. The van der Waals surface area contributed by atoms with Gasteiger partial charge in [0.25, 0.3) is 0 Å². The maximum atomic E-state index is 16.9. The number of alkyl carbamates (subject to hydrolysis) is 1. The number of carbonyl (C=O) groups is 1. The van der Waals surface area contributed by atoms with Crippen molar-refractivity contribution in [3.05, 3.63) is 47.7 Å². The maximum absolute atomic E-state index is 16.9. The van der Waals surface area contributed by atoms with E-state index >= 15 is 8.78 Å². The van der Waals surface area contributed by atoms with E-state index in [2.05, 4.69) is 27.1 Å². The zero-order valence-electron chi connectivity index (χ0n) is 26.6. The molecule has 0 radical (unpaired) electrons. The minimum absolute atomic E-state index is 0.0164. The monoisotopic (exact) mass is 644 g/mol. The largest absolute Gasteiger partial charge is 0.508 e. The number of aromatic nitrogens is 3. The Kier molecular flexibility index (Phi) is 7.12. The van der Waals surface area contributed by atoms with Gasteiger partial charge in [-0.25, -0.2) is 13.6 Å². The molecular formula is C35H38F2N6O4. The van der Waals surface area contributed by atoms with Crippen LogP contribution in [0, 0.1) is 17.6 Å². The van der Waals surface area contributed by atoms with Crippen molar-refractivity contribution in [1.82, 2.24) is 25.2 Å². The van der Waals surface area contributed by atoms with E-state index in [1.165, 1.54) is 24.4 Å². The second-order valence-electron chi connectivity index (χ2n) is 13.8. The summed E-state index contributed by atoms with van der Waals surface area (Å²) in [5, 5.41) is 14.8. The number of rotatable bonds is 6. The van der Waals surface area contributed by atoms with E-state index in [0.717, 1.165) is 38.8 Å². The fraction of sp³-hybridized carbons (Fsp3) is 0.486. The molecule has 0 saturated carbocycles. The SMILES string of the molecule is CCc1c(F)ccc2cc(O)cc(-c3ncc4c(N5CCCC6(CNC(=O)O6)C5)nc(OC[C@@]56CCCN5C[C@H](C)C6)nc4c3F)c12. The van der Waals surface area contributed by atoms with Gasteiger partial charge in [0, 0.05) is 24.8 Å². The number of phenols is 1. The molecule has 1 unspecified atom stereocenters. The number of halogens is 2. The van der Waals surface area contributed by atoms with E-state index in [0.29, 0.717) is 72.5 Å². The van der Waals surface area contributed by atoms with Crippen LogP contribution in [0.25, 0.3) is 32.9 Å². The average Bonchev–Trinajstić information content (AvgIpc) is 3.71. The van der Waals surface area contributed by atoms with Gasteiger partial charge in [0.15, 0.2) is 5.82 Å². The first-order valence-corrected chi connectivity index (χ1v) is 16.6. The molecule has 8 rings (SSSR count). The second-order valence-corrected chi connectivity index (χ2v) is 13.8. The summed E-state index contributed by atoms with van der Waals surface area (Å²) in [7, 11) is 0. The minimum atomic E-state index is -0.718. The number of nitrogens with zero attached hydrogens (tertiary/aromatic N) is 5. The van der Waals surface area contributed by atoms with Gasteiger partial charge in [-0.1, -0.05) is 19.9 Å². The molecule has 6 heterocycles. The van der Waals surface area contributed by atoms with E-state index in [-0.39, 0.29) is 34.1 Å². The fourth-order valence-corrected chi connectivity index (χ4v) is 8.58. The van der Waals surface area contributed by atoms with Crippen molar-refractivity contribution in [2.45, 2.75) is 63.5 Å². The Balaban J connectivity index is 1.27. The van der Waals surface area contributed by atoms with Crippen LogP contribution in [-0.4, -0.2) is 81.5 Å². The van der Waals surface area contributed by atoms with Gasteiger partial charge < -0.3 is 24.8 Å². The molecular weight excluding hydrogens is 606 g/mol. The maximum Gasteiger partial charge on any atom is 0.407 e. The number of hydrogen-bond acceptors (Lipinski definition) is 9. The number of ether oxygens (including phenoxy) is 2. The lowest BCUT2D eigenvalue weighted by Gasteiger charge is -2.39. The second kappa shape index (κ2) is 11.1. The number of phenolic OH excluding ortho intramolecular Hbond substituents is 1. The third kappa shape index (κ3) is 4.99. The average molecular weight is 645 g/mol. The third-order valence-corrected chi connectivity index (χ3v) is 10.6. The first kappa shape index (κ1) is 30.0. The van der Waals surface area contributed by atoms with Crippen LogP contribution in [-0.2, 0) is 11.2 Å². The number of hydrogen-bond donors (Lipinski definition) is 2. The third-order valence-electron chi connectivity index (χ3n) is 10.6. The predicted molar refractivity (Wildman–Crippen MR) is 173 cm³/mol. The molecule has 0 aliphatic carbocycles. The smallest absolute Gasteiger partial charge is 0.407 e. The van der Waals surface area contributed by atoms with Gasteiger partial charge in [-0.3, -0.25) is 9.88 Å². The Morgan fingerprint density at radius 2 is 2.02 bits per heavy atom. The highest BCUT2D eigenvalue weighted by Crippen LogP contribution is 2.43. The van der Waals surface area contributed by atoms with Crippen molar-refractivity contribution in [3.63, 3.8) is 0 Å². The molecule has 12 heteroatoms. The molecule has 4 saturated heterocycles. The molecule has 10 nitrogen and oxygen atoms in total. The van der Waals surface area contributed by atoms with Crippen molar-refractivity contribution in [3.8, 4) is 23.0 Å². The molecule has 4 aromatic rings. The number of pyridine rings is 1. The molecule has 4 aliphatic heterocycles. The fourth-order valence-electron chi connectivity index (χ4n) is 8.58. The highest BCUT2D eigenvalue weighted by molar-refractivity contribution is 6.01. The molecule has 2 aromatic heterocycles. The molecule has 0 bridgehead atoms. The number of fused-ring (bicyclic) bond motifs is 3. The van der Waals surface area contributed by atoms with Crippen molar-refractivity contribution in [2.75, 3.05) is 44.2 Å². The van der Waals surface area contributed by atoms with Gasteiger partial charge in [0.1, 0.15) is 40.8 Å². The molecule has 4 fully saturated rings. The van der Waals surface area contributed by atoms with Crippen LogP contribution in [0.1, 0.15) is 51.5 Å². The Hall–Kier alpha value is -4.32. The van der Waals surface area contributed by atoms with Crippen LogP contribution in [0.15, 0.2) is 30.5 Å². The lowest BCUT2D eigenvalue weighted by atomic mass is 9.92. The predicted octanol–water partition coefficient (Wildman–Crippen LogP) is 5.72. The lowest BCUT2D eigenvalue weighted by molar-refractivity contribution is 0.0445. The number of carbonyl (C=O) groups excluding carboxylic acids is 1. The van der Waals surface area contributed by atoms with E-state index in [1.807, 2.05) is 11.8 Å². The molecule has 2 aromatic carbocycles. The number of amides is 1. The normalized spacial score (nSPS) is 25.9. The van der Waals surface area contributed by atoms with E-state index < -0.39 is 23.3 Å². The first-order chi connectivity index (χ1) is 22.7. The summed E-state index contributed by atoms with van der Waals surface area (Å²) in [5.74, 6) is -0.201. The molecule has 246 valence electrons. The Labute approximate surface area is 271 Å². The number of nitrogens with one attached hydrogen (secondary N) is 1. The molecule has 1 spiro atoms. The summed E-state index contributed by atoms with van der Waals surface area (Å²) >= 11 is 0. The van der Waals surface area contributed by atoms with Crippen molar-refractivity contribution in [2.24, 2.45) is 5.92 Å². The van der Waals surface area contributed by atoms with E-state index in [9.17, 15) is 9.90 Å². The standard InChI is InChI=1S/C35H38F2N6O4/c1-3-23-26(36)7-6-21-12-22(44)13-24(27(21)23)29-28(37)30-25(15-38-29)31(42-10-5-9-35(18-42)17-39-33(45)47-35)41-32(40-30)46-19-34-8-4-11-43(34)16-20(2)14-34/h6-7,12-13,15,20,44H,3-5,8-11,14,16-19H2,1-2H3,(H,39,45)/t20-,34+,35?/m1/s1. The van der Waals surface area contributed by atoms with Crippen LogP contribution in [0.4, 0.5) is 19.4 Å². The highest BCUT2D eigenvalue weighted by Gasteiger charge is 2.48. The van der Waals surface area contributed by atoms with Gasteiger partial charge in [-0.15, -0.1) is 0 Å². The van der Waals surface area contributed by atoms with E-state index in [4.69, 9.17) is 14.5 Å². The van der Waals surface area contributed by atoms with Crippen LogP contribution in [0.5, 0.6) is 11.8 Å². The number of aryl methyl sites for hydroxylation is 1. The molecule has 1 amide bonds. The highest BCUT2D eigenvalue weighted by atomic mass is 19.1. The Bertz CT molecular complexity index is 1930. The van der Waals surface area contributed by atoms with Gasteiger partial charge in [0.05, 0.1) is 24.0 Å². The zero-order chi connectivity index (χ0) is 32.5. The zero-order valence-corrected chi connectivity index (χ0v) is 26.6. The summed E-state index contributed by atoms with van der Waals surface area (Å²) in [5.41, 5.74) is -0.161. The van der Waals surface area contributed by atoms with Crippen molar-refractivity contribution < 1.29 is 28.2 Å². The summed E-state index contributed by atoms with van der Waals surface area (Å²) in [6.45, 7) is 7.89. The van der Waals surface area contributed by atoms with Crippen LogP contribution < -0.4 is 15.0 Å². The van der Waals surface area contributed by atoms with Gasteiger partial charge in [0.2, 0.25) is 0 Å². The van der Waals surface area contributed by atoms with Gasteiger partial charge in [-0.2, -0.15) is 9.97 Å². The van der Waals surface area contributed by atoms with Gasteiger partial charge >= 0.3 is 12.1 Å². The summed E-state index contributed by atoms with van der Waals surface area (Å²) in [6.07, 6.45) is 6.03. The molecule has 3 atom stereocenters. The topological polar surface area (TPSA) is 113 Å². The van der Waals surface area contributed by atoms with Crippen LogP contribution in [0.3, 0.4) is 0 Å². The number of benzene rings is 2. The summed E-state index contributed by atoms with van der Waals surface area (Å²) in [4.78, 5) is 30.6. The minimum Gasteiger partial charge on any atom is -0.508 e. The summed E-state index contributed by atoms with van der Waals surface area (Å²) < 4.78 is 44.1. The van der Waals surface area contributed by atoms with Gasteiger partial charge in [-0.05, 0) is 85.5 Å². The lowest BCUT2D eigenvalue weighted by Crippen LogP contribution is -2.51. The number of anilines is 1. The van der Waals surface area contributed by atoms with Crippen LogP contribution >= 0.6 is 0 Å². The summed E-state index contributed by atoms with van der Waals surface area (Å²) in [6, 6.07) is 5.95. The van der Waals surface area contributed by atoms with Crippen molar-refractivity contribution >= 4 is 33.6 Å². The van der Waals surface area contributed by atoms with Crippen LogP contribution in [0.2, 0.25) is 0 Å². The number of aromatic hydroxyl groups is 1. The number of piperidine rings is 1.